The van der Waals surface area contributed by atoms with Crippen LogP contribution in [-0.4, -0.2) is 19.1 Å². The predicted octanol–water partition coefficient (Wildman–Crippen LogP) is 0.719. The first-order chi connectivity index (χ1) is 10.6. The SMILES string of the molecule is Cn1c(=O)[nH]c(=O)c2c1nc(N)n2C/C=C/c1ccccc1. The summed E-state index contributed by atoms with van der Waals surface area (Å²) < 4.78 is 2.84. The number of nitrogen functional groups attached to an aromatic ring is 1. The molecule has 3 aromatic rings. The van der Waals surface area contributed by atoms with Crippen molar-refractivity contribution in [1.82, 2.24) is 19.1 Å². The highest BCUT2D eigenvalue weighted by atomic mass is 16.2. The molecule has 7 heteroatoms. The lowest BCUT2D eigenvalue weighted by Gasteiger charge is -2.02. The van der Waals surface area contributed by atoms with E-state index in [0.717, 1.165) is 5.56 Å². The standard InChI is InChI=1S/C15H15N5O2/c1-19-12-11(13(21)18-15(19)22)20(14(16)17-12)9-5-8-10-6-3-2-4-7-10/h2-8H,9H2,1H3,(H2,16,17)(H,18,21,22)/b8-5+. The van der Waals surface area contributed by atoms with Crippen molar-refractivity contribution in [3.8, 4) is 0 Å². The zero-order valence-electron chi connectivity index (χ0n) is 12.0. The molecule has 0 aliphatic rings. The molecule has 0 spiro atoms. The molecule has 1 aromatic carbocycles. The first-order valence-corrected chi connectivity index (χ1v) is 6.74. The number of hydrogen-bond donors (Lipinski definition) is 2. The smallest absolute Gasteiger partial charge is 0.329 e. The third kappa shape index (κ3) is 2.32. The van der Waals surface area contributed by atoms with Gasteiger partial charge in [0.15, 0.2) is 11.2 Å². The summed E-state index contributed by atoms with van der Waals surface area (Å²) >= 11 is 0. The van der Waals surface area contributed by atoms with Crippen LogP contribution < -0.4 is 17.0 Å². The molecule has 0 atom stereocenters. The van der Waals surface area contributed by atoms with Gasteiger partial charge in [-0.3, -0.25) is 14.3 Å². The second-order valence-corrected chi connectivity index (χ2v) is 4.88. The molecule has 2 aromatic heterocycles. The van der Waals surface area contributed by atoms with E-state index in [1.54, 1.807) is 4.57 Å². The number of anilines is 1. The Labute approximate surface area is 125 Å². The zero-order chi connectivity index (χ0) is 15.7. The van der Waals surface area contributed by atoms with Crippen molar-refractivity contribution in [1.29, 1.82) is 0 Å². The third-order valence-electron chi connectivity index (χ3n) is 3.43. The lowest BCUT2D eigenvalue weighted by Crippen LogP contribution is -2.29. The highest BCUT2D eigenvalue weighted by Gasteiger charge is 2.14. The maximum absolute atomic E-state index is 12.0. The molecule has 0 saturated heterocycles. The van der Waals surface area contributed by atoms with Crippen LogP contribution >= 0.6 is 0 Å². The number of imidazole rings is 1. The molecule has 0 fully saturated rings. The summed E-state index contributed by atoms with van der Waals surface area (Å²) in [6.07, 6.45) is 3.82. The number of fused-ring (bicyclic) bond motifs is 1. The van der Waals surface area contributed by atoms with Crippen molar-refractivity contribution in [3.63, 3.8) is 0 Å². The molecule has 3 N–H and O–H groups in total. The fourth-order valence-corrected chi connectivity index (χ4v) is 2.29. The third-order valence-corrected chi connectivity index (χ3v) is 3.43. The Balaban J connectivity index is 2.03. The number of aromatic amines is 1. The number of benzene rings is 1. The Kier molecular flexibility index (Phi) is 3.38. The van der Waals surface area contributed by atoms with E-state index in [-0.39, 0.29) is 17.1 Å². The molecule has 0 unspecified atom stereocenters. The maximum atomic E-state index is 12.0. The van der Waals surface area contributed by atoms with E-state index in [2.05, 4.69) is 9.97 Å². The van der Waals surface area contributed by atoms with Crippen molar-refractivity contribution < 1.29 is 0 Å². The molecule has 0 aliphatic heterocycles. The van der Waals surface area contributed by atoms with Crippen LogP contribution in [0, 0.1) is 0 Å². The average molecular weight is 297 g/mol. The van der Waals surface area contributed by atoms with Gasteiger partial charge in [-0.25, -0.2) is 4.79 Å². The molecule has 0 saturated carbocycles. The van der Waals surface area contributed by atoms with Gasteiger partial charge in [0.1, 0.15) is 0 Å². The van der Waals surface area contributed by atoms with Crippen LogP contribution in [-0.2, 0) is 13.6 Å². The van der Waals surface area contributed by atoms with Gasteiger partial charge in [-0.05, 0) is 5.56 Å². The lowest BCUT2D eigenvalue weighted by atomic mass is 10.2. The Hall–Kier alpha value is -3.09. The quantitative estimate of drug-likeness (QED) is 0.744. The van der Waals surface area contributed by atoms with E-state index in [4.69, 9.17) is 5.73 Å². The lowest BCUT2D eigenvalue weighted by molar-refractivity contribution is 0.821. The van der Waals surface area contributed by atoms with Gasteiger partial charge in [-0.2, -0.15) is 4.98 Å². The number of aromatic nitrogens is 4. The van der Waals surface area contributed by atoms with Gasteiger partial charge in [-0.15, -0.1) is 0 Å². The van der Waals surface area contributed by atoms with Gasteiger partial charge < -0.3 is 10.3 Å². The van der Waals surface area contributed by atoms with Crippen LogP contribution in [0.25, 0.3) is 17.2 Å². The van der Waals surface area contributed by atoms with E-state index in [1.807, 2.05) is 42.5 Å². The minimum atomic E-state index is -0.512. The molecule has 0 aliphatic carbocycles. The zero-order valence-corrected chi connectivity index (χ0v) is 12.0. The highest BCUT2D eigenvalue weighted by Crippen LogP contribution is 2.12. The Morgan fingerprint density at radius 2 is 2.00 bits per heavy atom. The monoisotopic (exact) mass is 297 g/mol. The van der Waals surface area contributed by atoms with Crippen LogP contribution in [0.1, 0.15) is 5.56 Å². The van der Waals surface area contributed by atoms with Crippen molar-refractivity contribution in [2.45, 2.75) is 6.54 Å². The summed E-state index contributed by atoms with van der Waals surface area (Å²) in [5, 5.41) is 0. The summed E-state index contributed by atoms with van der Waals surface area (Å²) in [4.78, 5) is 30.0. The summed E-state index contributed by atoms with van der Waals surface area (Å²) in [7, 11) is 1.54. The summed E-state index contributed by atoms with van der Waals surface area (Å²) in [6, 6.07) is 9.78. The Morgan fingerprint density at radius 1 is 1.27 bits per heavy atom. The van der Waals surface area contributed by atoms with Gasteiger partial charge in [0.05, 0.1) is 0 Å². The molecule has 112 valence electrons. The number of rotatable bonds is 3. The number of H-pyrrole nitrogens is 1. The van der Waals surface area contributed by atoms with Crippen LogP contribution in [0.3, 0.4) is 0 Å². The number of nitrogens with one attached hydrogen (secondary N) is 1. The number of nitrogens with zero attached hydrogens (tertiary/aromatic N) is 3. The van der Waals surface area contributed by atoms with E-state index in [1.165, 1.54) is 11.6 Å². The molecular formula is C15H15N5O2. The number of nitrogens with two attached hydrogens (primary N) is 1. The largest absolute Gasteiger partial charge is 0.369 e. The normalized spacial score (nSPS) is 11.5. The molecule has 2 heterocycles. The van der Waals surface area contributed by atoms with E-state index in [0.29, 0.717) is 6.54 Å². The second-order valence-electron chi connectivity index (χ2n) is 4.88. The van der Waals surface area contributed by atoms with Crippen LogP contribution in [0.4, 0.5) is 5.95 Å². The molecule has 22 heavy (non-hydrogen) atoms. The van der Waals surface area contributed by atoms with Crippen LogP contribution in [0.5, 0.6) is 0 Å². The van der Waals surface area contributed by atoms with Crippen LogP contribution in [0.2, 0.25) is 0 Å². The van der Waals surface area contributed by atoms with Crippen molar-refractivity contribution >= 4 is 23.2 Å². The number of allylic oxidation sites excluding steroid dienone is 1. The maximum Gasteiger partial charge on any atom is 0.329 e. The molecule has 3 rings (SSSR count). The van der Waals surface area contributed by atoms with Gasteiger partial charge in [0.25, 0.3) is 5.56 Å². The minimum Gasteiger partial charge on any atom is -0.369 e. The Morgan fingerprint density at radius 3 is 2.73 bits per heavy atom. The molecule has 7 nitrogen and oxygen atoms in total. The van der Waals surface area contributed by atoms with Crippen molar-refractivity contribution in [3.05, 3.63) is 62.8 Å². The van der Waals surface area contributed by atoms with Crippen molar-refractivity contribution in [2.75, 3.05) is 5.73 Å². The number of aryl methyl sites for hydroxylation is 1. The molecule has 0 radical (unpaired) electrons. The number of hydrogen-bond acceptors (Lipinski definition) is 4. The van der Waals surface area contributed by atoms with Gasteiger partial charge in [0.2, 0.25) is 5.95 Å². The minimum absolute atomic E-state index is 0.194. The van der Waals surface area contributed by atoms with E-state index < -0.39 is 11.2 Å². The van der Waals surface area contributed by atoms with Gasteiger partial charge >= 0.3 is 5.69 Å². The highest BCUT2D eigenvalue weighted by molar-refractivity contribution is 5.73. The molecular weight excluding hydrogens is 282 g/mol. The average Bonchev–Trinajstić information content (AvgIpc) is 2.84. The topological polar surface area (TPSA) is 98.7 Å². The predicted molar refractivity (Wildman–Crippen MR) is 85.5 cm³/mol. The van der Waals surface area contributed by atoms with Crippen LogP contribution in [0.15, 0.2) is 46.0 Å². The second kappa shape index (κ2) is 5.36. The van der Waals surface area contributed by atoms with E-state index >= 15 is 0 Å². The first kappa shape index (κ1) is 13.9. The summed E-state index contributed by atoms with van der Waals surface area (Å²) in [5.41, 5.74) is 6.48. The first-order valence-electron chi connectivity index (χ1n) is 6.74. The molecule has 0 amide bonds. The summed E-state index contributed by atoms with van der Waals surface area (Å²) in [6.45, 7) is 0.387. The fourth-order valence-electron chi connectivity index (χ4n) is 2.29. The fraction of sp³-hybridized carbons (Fsp3) is 0.133. The molecule has 0 bridgehead atoms. The summed E-state index contributed by atoms with van der Waals surface area (Å²) in [5.74, 6) is 0.194. The van der Waals surface area contributed by atoms with Crippen molar-refractivity contribution in [2.24, 2.45) is 7.05 Å². The van der Waals surface area contributed by atoms with E-state index in [9.17, 15) is 9.59 Å². The Bertz CT molecular complexity index is 963. The van der Waals surface area contributed by atoms with Gasteiger partial charge in [-0.1, -0.05) is 42.5 Å². The van der Waals surface area contributed by atoms with Gasteiger partial charge in [0, 0.05) is 13.6 Å².